The monoisotopic (exact) mass is 256 g/mol. The first-order valence-electron chi connectivity index (χ1n) is 5.66. The minimum absolute atomic E-state index is 0.0973. The predicted molar refractivity (Wildman–Crippen MR) is 65.7 cm³/mol. The van der Waals surface area contributed by atoms with Gasteiger partial charge in [0.15, 0.2) is 11.7 Å². The number of allylic oxidation sites excluding steroid dienone is 2. The van der Waals surface area contributed by atoms with Gasteiger partial charge in [0.1, 0.15) is 0 Å². The molecule has 18 heavy (non-hydrogen) atoms. The molecule has 0 aromatic heterocycles. The van der Waals surface area contributed by atoms with E-state index in [9.17, 15) is 14.4 Å². The lowest BCUT2D eigenvalue weighted by Crippen LogP contribution is -2.33. The Morgan fingerprint density at radius 2 is 1.50 bits per heavy atom. The molecule has 0 bridgehead atoms. The summed E-state index contributed by atoms with van der Waals surface area (Å²) in [5.74, 6) is -3.01. The van der Waals surface area contributed by atoms with Gasteiger partial charge in [-0.15, -0.1) is 0 Å². The number of rotatable bonds is 6. The van der Waals surface area contributed by atoms with E-state index in [1.165, 1.54) is 20.3 Å². The van der Waals surface area contributed by atoms with Gasteiger partial charge in [-0.3, -0.25) is 14.4 Å². The highest BCUT2D eigenvalue weighted by Crippen LogP contribution is 2.19. The molecular weight excluding hydrogens is 236 g/mol. The van der Waals surface area contributed by atoms with Gasteiger partial charge in [-0.1, -0.05) is 12.5 Å². The third-order valence-electron chi connectivity index (χ3n) is 2.45. The maximum atomic E-state index is 11.6. The van der Waals surface area contributed by atoms with Gasteiger partial charge in [-0.2, -0.15) is 0 Å². The van der Waals surface area contributed by atoms with Crippen LogP contribution in [0, 0.1) is 11.8 Å². The first-order valence-corrected chi connectivity index (χ1v) is 5.66. The molecule has 5 heteroatoms. The third kappa shape index (κ3) is 5.12. The van der Waals surface area contributed by atoms with Crippen LogP contribution in [-0.4, -0.2) is 31.9 Å². The molecule has 0 saturated carbocycles. The minimum Gasteiger partial charge on any atom is -0.468 e. The van der Waals surface area contributed by atoms with Crippen molar-refractivity contribution in [2.45, 2.75) is 27.2 Å². The average Bonchev–Trinajstić information content (AvgIpc) is 2.27. The molecule has 0 amide bonds. The Bertz CT molecular complexity index is 336. The largest absolute Gasteiger partial charge is 0.468 e. The van der Waals surface area contributed by atoms with Gasteiger partial charge >= 0.3 is 11.9 Å². The van der Waals surface area contributed by atoms with Crippen LogP contribution >= 0.6 is 0 Å². The summed E-state index contributed by atoms with van der Waals surface area (Å²) in [7, 11) is 2.39. The van der Waals surface area contributed by atoms with Gasteiger partial charge < -0.3 is 9.47 Å². The van der Waals surface area contributed by atoms with E-state index in [-0.39, 0.29) is 12.2 Å². The highest BCUT2D eigenvalue weighted by molar-refractivity contribution is 5.97. The Morgan fingerprint density at radius 3 is 1.83 bits per heavy atom. The second-order valence-corrected chi connectivity index (χ2v) is 4.39. The lowest BCUT2D eigenvalue weighted by atomic mass is 9.89. The van der Waals surface area contributed by atoms with Gasteiger partial charge in [-0.05, 0) is 25.8 Å². The molecule has 0 N–H and O–H groups in total. The molecular formula is C13H20O5. The second kappa shape index (κ2) is 7.63. The van der Waals surface area contributed by atoms with Gasteiger partial charge in [-0.25, -0.2) is 0 Å². The molecule has 0 aliphatic rings. The van der Waals surface area contributed by atoms with Crippen LogP contribution in [0.3, 0.4) is 0 Å². The number of carbonyl (C=O) groups excluding carboxylic acids is 3. The fraction of sp³-hybridized carbons (Fsp3) is 0.615. The average molecular weight is 256 g/mol. The Labute approximate surface area is 107 Å². The molecule has 0 spiro atoms. The zero-order chi connectivity index (χ0) is 14.3. The number of methoxy groups -OCH3 is 2. The molecule has 0 rings (SSSR count). The number of ketones is 1. The molecule has 0 radical (unpaired) electrons. The van der Waals surface area contributed by atoms with Crippen LogP contribution in [0.15, 0.2) is 11.6 Å². The SMILES string of the molecule is COC(=O)C(C(=O)OC)C(C)CC(=O)C=C(C)C. The number of hydrogen-bond acceptors (Lipinski definition) is 5. The first-order chi connectivity index (χ1) is 8.33. The molecule has 0 aromatic rings. The second-order valence-electron chi connectivity index (χ2n) is 4.39. The summed E-state index contributed by atoms with van der Waals surface area (Å²) in [5, 5.41) is 0. The molecule has 0 aliphatic carbocycles. The minimum atomic E-state index is -1.06. The van der Waals surface area contributed by atoms with Crippen molar-refractivity contribution in [2.24, 2.45) is 11.8 Å². The summed E-state index contributed by atoms with van der Waals surface area (Å²) < 4.78 is 9.11. The summed E-state index contributed by atoms with van der Waals surface area (Å²) >= 11 is 0. The van der Waals surface area contributed by atoms with Crippen molar-refractivity contribution in [3.8, 4) is 0 Å². The van der Waals surface area contributed by atoms with Crippen LogP contribution in [0.2, 0.25) is 0 Å². The Hall–Kier alpha value is -1.65. The van der Waals surface area contributed by atoms with E-state index in [0.29, 0.717) is 0 Å². The zero-order valence-electron chi connectivity index (χ0n) is 11.5. The maximum Gasteiger partial charge on any atom is 0.320 e. The van der Waals surface area contributed by atoms with Crippen molar-refractivity contribution in [1.29, 1.82) is 0 Å². The molecule has 1 unspecified atom stereocenters. The smallest absolute Gasteiger partial charge is 0.320 e. The summed E-state index contributed by atoms with van der Waals surface area (Å²) in [6, 6.07) is 0. The molecule has 102 valence electrons. The maximum absolute atomic E-state index is 11.6. The van der Waals surface area contributed by atoms with Crippen LogP contribution in [-0.2, 0) is 23.9 Å². The summed E-state index contributed by atoms with van der Waals surface area (Å²) in [6.45, 7) is 5.26. The van der Waals surface area contributed by atoms with Gasteiger partial charge in [0.05, 0.1) is 14.2 Å². The lowest BCUT2D eigenvalue weighted by molar-refractivity contribution is -0.161. The van der Waals surface area contributed by atoms with E-state index in [0.717, 1.165) is 5.57 Å². The fourth-order valence-corrected chi connectivity index (χ4v) is 1.63. The normalized spacial score (nSPS) is 11.7. The van der Waals surface area contributed by atoms with E-state index < -0.39 is 23.8 Å². The molecule has 1 atom stereocenters. The van der Waals surface area contributed by atoms with Crippen molar-refractivity contribution in [3.05, 3.63) is 11.6 Å². The Balaban J connectivity index is 4.82. The van der Waals surface area contributed by atoms with Crippen molar-refractivity contribution in [2.75, 3.05) is 14.2 Å². The van der Waals surface area contributed by atoms with Gasteiger partial charge in [0, 0.05) is 6.42 Å². The standard InChI is InChI=1S/C13H20O5/c1-8(2)6-10(14)7-9(3)11(12(15)17-4)13(16)18-5/h6,9,11H,7H2,1-5H3. The van der Waals surface area contributed by atoms with Crippen molar-refractivity contribution < 1.29 is 23.9 Å². The Kier molecular flexibility index (Phi) is 6.93. The topological polar surface area (TPSA) is 69.7 Å². The molecule has 0 saturated heterocycles. The van der Waals surface area contributed by atoms with E-state index in [1.54, 1.807) is 20.8 Å². The van der Waals surface area contributed by atoms with E-state index in [1.807, 2.05) is 0 Å². The van der Waals surface area contributed by atoms with E-state index in [2.05, 4.69) is 9.47 Å². The summed E-state index contributed by atoms with van der Waals surface area (Å²) in [5.41, 5.74) is 0.875. The number of hydrogen-bond donors (Lipinski definition) is 0. The lowest BCUT2D eigenvalue weighted by Gasteiger charge is -2.18. The van der Waals surface area contributed by atoms with E-state index in [4.69, 9.17) is 0 Å². The fourth-order valence-electron chi connectivity index (χ4n) is 1.63. The Morgan fingerprint density at radius 1 is 1.06 bits per heavy atom. The van der Waals surface area contributed by atoms with E-state index >= 15 is 0 Å². The first kappa shape index (κ1) is 16.4. The van der Waals surface area contributed by atoms with Crippen LogP contribution in [0.4, 0.5) is 0 Å². The molecule has 0 aromatic carbocycles. The molecule has 0 heterocycles. The van der Waals surface area contributed by atoms with Crippen molar-refractivity contribution >= 4 is 17.7 Å². The molecule has 5 nitrogen and oxygen atoms in total. The van der Waals surface area contributed by atoms with Crippen LogP contribution in [0.1, 0.15) is 27.2 Å². The van der Waals surface area contributed by atoms with Crippen molar-refractivity contribution in [1.82, 2.24) is 0 Å². The van der Waals surface area contributed by atoms with Crippen molar-refractivity contribution in [3.63, 3.8) is 0 Å². The zero-order valence-corrected chi connectivity index (χ0v) is 11.5. The van der Waals surface area contributed by atoms with Gasteiger partial charge in [0.2, 0.25) is 0 Å². The third-order valence-corrected chi connectivity index (χ3v) is 2.45. The summed E-state index contributed by atoms with van der Waals surface area (Å²) in [4.78, 5) is 34.6. The number of ether oxygens (including phenoxy) is 2. The van der Waals surface area contributed by atoms with Crippen LogP contribution < -0.4 is 0 Å². The summed E-state index contributed by atoms with van der Waals surface area (Å²) in [6.07, 6.45) is 1.59. The molecule has 0 aliphatic heterocycles. The molecule has 0 fully saturated rings. The predicted octanol–water partition coefficient (Wildman–Crippen LogP) is 1.51. The number of carbonyl (C=O) groups is 3. The van der Waals surface area contributed by atoms with Crippen LogP contribution in [0.5, 0.6) is 0 Å². The highest BCUT2D eigenvalue weighted by Gasteiger charge is 2.34. The van der Waals surface area contributed by atoms with Crippen LogP contribution in [0.25, 0.3) is 0 Å². The quantitative estimate of drug-likeness (QED) is 0.409. The number of esters is 2. The highest BCUT2D eigenvalue weighted by atomic mass is 16.5. The van der Waals surface area contributed by atoms with Gasteiger partial charge in [0.25, 0.3) is 0 Å².